The molecule has 2 aliphatic heterocycles. The van der Waals surface area contributed by atoms with Crippen LogP contribution >= 0.6 is 0 Å². The van der Waals surface area contributed by atoms with Crippen LogP contribution in [0, 0.1) is 11.8 Å². The molecule has 6 heteroatoms. The van der Waals surface area contributed by atoms with Gasteiger partial charge in [0.05, 0.1) is 12.9 Å². The predicted octanol–water partition coefficient (Wildman–Crippen LogP) is 4.59. The second-order valence-corrected chi connectivity index (χ2v) is 9.33. The van der Waals surface area contributed by atoms with Crippen molar-refractivity contribution in [2.24, 2.45) is 11.8 Å². The van der Waals surface area contributed by atoms with Gasteiger partial charge in [-0.15, -0.1) is 0 Å². The average molecular weight is 448 g/mol. The van der Waals surface area contributed by atoms with E-state index >= 15 is 0 Å². The smallest absolute Gasteiger partial charge is 0.126 e. The Balaban J connectivity index is 1.35. The minimum atomic E-state index is 0.109. The first kappa shape index (κ1) is 21.9. The predicted molar refractivity (Wildman–Crippen MR) is 132 cm³/mol. The van der Waals surface area contributed by atoms with Crippen LogP contribution in [0.3, 0.4) is 0 Å². The molecule has 1 aliphatic carbocycles. The standard InChI is InChI=1S/C27H33N3O3/c1-33-26-5-3-2-4-22(26)24-15-29-27-23(24)13-20(14-28-27)19-6-7-25(32)21(12-19)16-30-10-8-18(17-31)9-11-30/h2-7,13,15,18,21,28-29,31-32H,8-12,14,16-17H2,1H3. The van der Waals surface area contributed by atoms with E-state index in [1.807, 2.05) is 30.5 Å². The van der Waals surface area contributed by atoms with Gasteiger partial charge < -0.3 is 30.2 Å². The van der Waals surface area contributed by atoms with E-state index in [9.17, 15) is 10.2 Å². The van der Waals surface area contributed by atoms with Crippen molar-refractivity contribution < 1.29 is 14.9 Å². The minimum absolute atomic E-state index is 0.109. The number of aliphatic hydroxyl groups is 2. The molecule has 1 fully saturated rings. The summed E-state index contributed by atoms with van der Waals surface area (Å²) in [4.78, 5) is 5.80. The number of hydrogen-bond acceptors (Lipinski definition) is 5. The number of ether oxygens (including phenoxy) is 1. The van der Waals surface area contributed by atoms with E-state index < -0.39 is 0 Å². The molecule has 0 saturated carbocycles. The number of likely N-dealkylation sites (tertiary alicyclic amines) is 1. The van der Waals surface area contributed by atoms with Crippen molar-refractivity contribution in [1.29, 1.82) is 0 Å². The Morgan fingerprint density at radius 3 is 2.70 bits per heavy atom. The molecule has 0 amide bonds. The highest BCUT2D eigenvalue weighted by molar-refractivity contribution is 5.87. The lowest BCUT2D eigenvalue weighted by atomic mass is 9.85. The summed E-state index contributed by atoms with van der Waals surface area (Å²) in [6.07, 6.45) is 11.2. The van der Waals surface area contributed by atoms with Crippen LogP contribution in [0.4, 0.5) is 5.82 Å². The molecule has 5 rings (SSSR count). The number of rotatable bonds is 6. The Morgan fingerprint density at radius 1 is 1.09 bits per heavy atom. The lowest BCUT2D eigenvalue weighted by Gasteiger charge is -2.34. The second kappa shape index (κ2) is 9.49. The maximum absolute atomic E-state index is 10.6. The minimum Gasteiger partial charge on any atom is -0.512 e. The molecule has 3 heterocycles. The maximum Gasteiger partial charge on any atom is 0.126 e. The highest BCUT2D eigenvalue weighted by atomic mass is 16.5. The summed E-state index contributed by atoms with van der Waals surface area (Å²) in [5.74, 6) is 2.90. The van der Waals surface area contributed by atoms with Gasteiger partial charge in [0, 0.05) is 48.5 Å². The molecule has 1 unspecified atom stereocenters. The molecule has 1 atom stereocenters. The monoisotopic (exact) mass is 447 g/mol. The van der Waals surface area contributed by atoms with E-state index in [-0.39, 0.29) is 12.5 Å². The zero-order chi connectivity index (χ0) is 22.8. The number of aromatic amines is 1. The normalized spacial score (nSPS) is 21.5. The largest absolute Gasteiger partial charge is 0.512 e. The Hall–Kier alpha value is -2.96. The number of H-pyrrole nitrogens is 1. The van der Waals surface area contributed by atoms with Crippen molar-refractivity contribution in [3.8, 4) is 16.9 Å². The number of fused-ring (bicyclic) bond motifs is 1. The van der Waals surface area contributed by atoms with Gasteiger partial charge in [-0.05, 0) is 67.6 Å². The van der Waals surface area contributed by atoms with Gasteiger partial charge in [0.25, 0.3) is 0 Å². The molecule has 1 saturated heterocycles. The lowest BCUT2D eigenvalue weighted by Crippen LogP contribution is -2.38. The molecule has 0 spiro atoms. The Kier molecular flexibility index (Phi) is 6.29. The molecule has 1 aromatic carbocycles. The summed E-state index contributed by atoms with van der Waals surface area (Å²) in [5, 5.41) is 23.5. The van der Waals surface area contributed by atoms with Crippen LogP contribution in [-0.4, -0.2) is 60.0 Å². The fourth-order valence-electron chi connectivity index (χ4n) is 5.26. The molecule has 2 aromatic rings. The van der Waals surface area contributed by atoms with E-state index in [0.717, 1.165) is 73.7 Å². The third kappa shape index (κ3) is 4.45. The maximum atomic E-state index is 10.6. The Bertz CT molecular complexity index is 1090. The molecule has 0 bridgehead atoms. The number of nitrogens with zero attached hydrogens (tertiary/aromatic N) is 1. The fourth-order valence-corrected chi connectivity index (χ4v) is 5.26. The van der Waals surface area contributed by atoms with Crippen LogP contribution in [-0.2, 0) is 0 Å². The topological polar surface area (TPSA) is 80.8 Å². The van der Waals surface area contributed by atoms with Gasteiger partial charge in [-0.1, -0.05) is 24.3 Å². The fraction of sp³-hybridized carbons (Fsp3) is 0.407. The van der Waals surface area contributed by atoms with E-state index in [4.69, 9.17) is 4.74 Å². The van der Waals surface area contributed by atoms with Crippen molar-refractivity contribution in [3.05, 3.63) is 65.1 Å². The third-order valence-electron chi connectivity index (χ3n) is 7.29. The summed E-state index contributed by atoms with van der Waals surface area (Å²) in [6, 6.07) is 8.09. The zero-order valence-corrected chi connectivity index (χ0v) is 19.2. The molecule has 33 heavy (non-hydrogen) atoms. The van der Waals surface area contributed by atoms with E-state index in [1.54, 1.807) is 7.11 Å². The first-order valence-electron chi connectivity index (χ1n) is 11.9. The van der Waals surface area contributed by atoms with Crippen molar-refractivity contribution >= 4 is 11.9 Å². The van der Waals surface area contributed by atoms with Crippen molar-refractivity contribution in [3.63, 3.8) is 0 Å². The van der Waals surface area contributed by atoms with Gasteiger partial charge in [0.15, 0.2) is 0 Å². The lowest BCUT2D eigenvalue weighted by molar-refractivity contribution is 0.116. The van der Waals surface area contributed by atoms with Crippen LogP contribution in [0.15, 0.2) is 59.5 Å². The molecule has 0 radical (unpaired) electrons. The van der Waals surface area contributed by atoms with Gasteiger partial charge in [-0.3, -0.25) is 0 Å². The molecule has 4 N–H and O–H groups in total. The highest BCUT2D eigenvalue weighted by Crippen LogP contribution is 2.40. The number of nitrogens with one attached hydrogen (secondary N) is 2. The van der Waals surface area contributed by atoms with Crippen molar-refractivity contribution in [1.82, 2.24) is 9.88 Å². The number of allylic oxidation sites excluding steroid dienone is 2. The first-order valence-corrected chi connectivity index (χ1v) is 11.9. The number of aliphatic hydroxyl groups excluding tert-OH is 2. The quantitative estimate of drug-likeness (QED) is 0.521. The summed E-state index contributed by atoms with van der Waals surface area (Å²) in [7, 11) is 1.70. The Labute approximate surface area is 195 Å². The molecule has 3 aliphatic rings. The van der Waals surface area contributed by atoms with Gasteiger partial charge in [-0.2, -0.15) is 0 Å². The number of anilines is 1. The molecule has 1 aromatic heterocycles. The molecule has 174 valence electrons. The summed E-state index contributed by atoms with van der Waals surface area (Å²) in [6.45, 7) is 3.89. The van der Waals surface area contributed by atoms with E-state index in [1.165, 1.54) is 11.1 Å². The average Bonchev–Trinajstić information content (AvgIpc) is 3.29. The van der Waals surface area contributed by atoms with Gasteiger partial charge in [-0.25, -0.2) is 0 Å². The van der Waals surface area contributed by atoms with Gasteiger partial charge in [0.2, 0.25) is 0 Å². The zero-order valence-electron chi connectivity index (χ0n) is 19.2. The number of aromatic nitrogens is 1. The van der Waals surface area contributed by atoms with Crippen LogP contribution in [0.2, 0.25) is 0 Å². The molecular formula is C27H33N3O3. The summed E-state index contributed by atoms with van der Waals surface area (Å²) < 4.78 is 5.59. The SMILES string of the molecule is COc1ccccc1-c1c[nH]c2c1C=C(C1=CC=C(O)C(CN3CCC(CO)CC3)C1)CN2. The van der Waals surface area contributed by atoms with E-state index in [0.29, 0.717) is 11.7 Å². The van der Waals surface area contributed by atoms with Crippen LogP contribution in [0.25, 0.3) is 17.2 Å². The van der Waals surface area contributed by atoms with Crippen LogP contribution in [0.5, 0.6) is 5.75 Å². The third-order valence-corrected chi connectivity index (χ3v) is 7.29. The number of methoxy groups -OCH3 is 1. The number of hydrogen-bond donors (Lipinski definition) is 4. The summed E-state index contributed by atoms with van der Waals surface area (Å²) >= 11 is 0. The number of piperidine rings is 1. The highest BCUT2D eigenvalue weighted by Gasteiger charge is 2.27. The van der Waals surface area contributed by atoms with Crippen LogP contribution < -0.4 is 10.1 Å². The Morgan fingerprint density at radius 2 is 1.91 bits per heavy atom. The molecular weight excluding hydrogens is 414 g/mol. The first-order chi connectivity index (χ1) is 16.2. The summed E-state index contributed by atoms with van der Waals surface area (Å²) in [5.41, 5.74) is 5.85. The van der Waals surface area contributed by atoms with Gasteiger partial charge in [0.1, 0.15) is 11.6 Å². The number of benzene rings is 1. The van der Waals surface area contributed by atoms with Crippen molar-refractivity contribution in [2.75, 3.05) is 45.2 Å². The van der Waals surface area contributed by atoms with E-state index in [2.05, 4.69) is 33.4 Å². The second-order valence-electron chi connectivity index (χ2n) is 9.33. The number of para-hydroxylation sites is 1. The van der Waals surface area contributed by atoms with Crippen molar-refractivity contribution in [2.45, 2.75) is 19.3 Å². The van der Waals surface area contributed by atoms with Crippen LogP contribution in [0.1, 0.15) is 24.8 Å². The van der Waals surface area contributed by atoms with Gasteiger partial charge >= 0.3 is 0 Å². The molecule has 6 nitrogen and oxygen atoms in total.